The fourth-order valence-corrected chi connectivity index (χ4v) is 4.55. The van der Waals surface area contributed by atoms with E-state index in [0.717, 1.165) is 25.5 Å². The lowest BCUT2D eigenvalue weighted by Crippen LogP contribution is -2.48. The Hall–Kier alpha value is -2.52. The summed E-state index contributed by atoms with van der Waals surface area (Å²) >= 11 is 0. The van der Waals surface area contributed by atoms with Gasteiger partial charge in [-0.2, -0.15) is 0 Å². The highest BCUT2D eigenvalue weighted by atomic mass is 19.1. The topological polar surface area (TPSA) is 75.0 Å². The average molecular weight is 405 g/mol. The summed E-state index contributed by atoms with van der Waals surface area (Å²) in [5.74, 6) is -3.08. The predicted octanol–water partition coefficient (Wildman–Crippen LogP) is 1.83. The number of rotatable bonds is 3. The van der Waals surface area contributed by atoms with Gasteiger partial charge in [-0.3, -0.25) is 9.69 Å². The summed E-state index contributed by atoms with van der Waals surface area (Å²) in [5.41, 5.74) is -1.55. The number of morpholine rings is 1. The van der Waals surface area contributed by atoms with Crippen LogP contribution in [0.5, 0.6) is 0 Å². The first-order valence-corrected chi connectivity index (χ1v) is 9.73. The molecule has 2 aromatic rings. The number of nitrogens with zero attached hydrogens (tertiary/aromatic N) is 3. The number of carbonyl (C=O) groups is 1. The molecule has 9 heteroatoms. The van der Waals surface area contributed by atoms with Crippen LogP contribution in [0.3, 0.4) is 0 Å². The SMILES string of the molecule is CN1CCOC2CN(c3c(F)cc4c(=O)c(C(=O)O)cn(C5CC5)c4c3F)CC21. The summed E-state index contributed by atoms with van der Waals surface area (Å²) in [7, 11) is 1.97. The Morgan fingerprint density at radius 3 is 2.69 bits per heavy atom. The Balaban J connectivity index is 1.68. The van der Waals surface area contributed by atoms with Gasteiger partial charge in [-0.15, -0.1) is 0 Å². The van der Waals surface area contributed by atoms with Gasteiger partial charge in [-0.05, 0) is 26.0 Å². The number of hydrogen-bond acceptors (Lipinski definition) is 5. The number of likely N-dealkylation sites (N-methyl/N-ethyl adjacent to an activating group) is 1. The Bertz CT molecular complexity index is 1080. The first-order valence-electron chi connectivity index (χ1n) is 9.73. The molecule has 3 fully saturated rings. The van der Waals surface area contributed by atoms with Gasteiger partial charge >= 0.3 is 5.97 Å². The first kappa shape index (κ1) is 18.5. The summed E-state index contributed by atoms with van der Waals surface area (Å²) in [4.78, 5) is 27.8. The Morgan fingerprint density at radius 1 is 1.28 bits per heavy atom. The number of aromatic carboxylic acids is 1. The van der Waals surface area contributed by atoms with Crippen molar-refractivity contribution in [3.05, 3.63) is 39.7 Å². The van der Waals surface area contributed by atoms with E-state index >= 15 is 8.78 Å². The minimum atomic E-state index is -1.40. The van der Waals surface area contributed by atoms with Crippen LogP contribution in [0.4, 0.5) is 14.5 Å². The lowest BCUT2D eigenvalue weighted by molar-refractivity contribution is -0.0362. The van der Waals surface area contributed by atoms with Gasteiger partial charge in [0.25, 0.3) is 0 Å². The Morgan fingerprint density at radius 2 is 2.03 bits per heavy atom. The van der Waals surface area contributed by atoms with Crippen LogP contribution in [0.15, 0.2) is 17.1 Å². The Kier molecular flexibility index (Phi) is 4.15. The van der Waals surface area contributed by atoms with Gasteiger partial charge in [0.2, 0.25) is 5.43 Å². The van der Waals surface area contributed by atoms with E-state index in [1.807, 2.05) is 7.05 Å². The highest BCUT2D eigenvalue weighted by Gasteiger charge is 2.41. The number of anilines is 1. The fraction of sp³-hybridized carbons (Fsp3) is 0.500. The fourth-order valence-electron chi connectivity index (χ4n) is 4.55. The lowest BCUT2D eigenvalue weighted by atomic mass is 10.1. The lowest BCUT2D eigenvalue weighted by Gasteiger charge is -2.33. The zero-order valence-electron chi connectivity index (χ0n) is 15.9. The van der Waals surface area contributed by atoms with Crippen molar-refractivity contribution in [2.45, 2.75) is 31.0 Å². The van der Waals surface area contributed by atoms with Crippen LogP contribution in [0.1, 0.15) is 29.2 Å². The highest BCUT2D eigenvalue weighted by Crippen LogP contribution is 2.40. The molecule has 2 aliphatic heterocycles. The van der Waals surface area contributed by atoms with Crippen LogP contribution < -0.4 is 10.3 Å². The van der Waals surface area contributed by atoms with Crippen LogP contribution in [-0.2, 0) is 4.74 Å². The number of fused-ring (bicyclic) bond motifs is 2. The van der Waals surface area contributed by atoms with Gasteiger partial charge in [0.15, 0.2) is 5.82 Å². The number of benzene rings is 1. The van der Waals surface area contributed by atoms with Crippen LogP contribution in [0.2, 0.25) is 0 Å². The van der Waals surface area contributed by atoms with Crippen molar-refractivity contribution < 1.29 is 23.4 Å². The van der Waals surface area contributed by atoms with E-state index in [1.54, 1.807) is 4.90 Å². The normalized spacial score (nSPS) is 24.9. The van der Waals surface area contributed by atoms with Crippen LogP contribution in [-0.4, -0.2) is 66.0 Å². The second-order valence-electron chi connectivity index (χ2n) is 8.09. The number of aromatic nitrogens is 1. The molecule has 2 atom stereocenters. The molecule has 0 radical (unpaired) electrons. The Labute approximate surface area is 165 Å². The van der Waals surface area contributed by atoms with E-state index in [1.165, 1.54) is 10.8 Å². The highest BCUT2D eigenvalue weighted by molar-refractivity contribution is 5.94. The van der Waals surface area contributed by atoms with Crippen molar-refractivity contribution in [1.82, 2.24) is 9.47 Å². The monoisotopic (exact) mass is 405 g/mol. The third-order valence-corrected chi connectivity index (χ3v) is 6.25. The van der Waals surface area contributed by atoms with Crippen molar-refractivity contribution in [2.75, 3.05) is 38.2 Å². The van der Waals surface area contributed by atoms with E-state index in [9.17, 15) is 14.7 Å². The second-order valence-corrected chi connectivity index (χ2v) is 8.09. The van der Waals surface area contributed by atoms with Crippen LogP contribution in [0.25, 0.3) is 10.9 Å². The van der Waals surface area contributed by atoms with Crippen molar-refractivity contribution >= 4 is 22.6 Å². The summed E-state index contributed by atoms with van der Waals surface area (Å²) in [6, 6.07) is 0.936. The van der Waals surface area contributed by atoms with Crippen molar-refractivity contribution in [1.29, 1.82) is 0 Å². The van der Waals surface area contributed by atoms with Gasteiger partial charge in [0.05, 0.1) is 29.7 Å². The second kappa shape index (κ2) is 6.50. The van der Waals surface area contributed by atoms with E-state index in [2.05, 4.69) is 4.90 Å². The first-order chi connectivity index (χ1) is 13.9. The van der Waals surface area contributed by atoms with Gasteiger partial charge in [-0.1, -0.05) is 0 Å². The number of carboxylic acids is 1. The standard InChI is InChI=1S/C20H21F2N3O4/c1-23-4-5-29-15-9-24(8-14(15)23)18-13(21)6-11-17(16(18)22)25(10-2-3-10)7-12(19(11)26)20(27)28/h6-7,10,14-15H,2-5,8-9H2,1H3,(H,27,28). The third-order valence-electron chi connectivity index (χ3n) is 6.25. The zero-order valence-corrected chi connectivity index (χ0v) is 15.9. The largest absolute Gasteiger partial charge is 0.477 e. The number of pyridine rings is 1. The minimum Gasteiger partial charge on any atom is -0.477 e. The summed E-state index contributed by atoms with van der Waals surface area (Å²) in [6.45, 7) is 2.11. The van der Waals surface area contributed by atoms with Gasteiger partial charge in [0.1, 0.15) is 17.1 Å². The predicted molar refractivity (Wildman–Crippen MR) is 102 cm³/mol. The molecule has 7 nitrogen and oxygen atoms in total. The molecular weight excluding hydrogens is 384 g/mol. The molecule has 3 heterocycles. The smallest absolute Gasteiger partial charge is 0.341 e. The molecule has 1 aromatic heterocycles. The molecule has 0 spiro atoms. The van der Waals surface area contributed by atoms with Gasteiger partial charge in [0, 0.05) is 31.9 Å². The zero-order chi connectivity index (χ0) is 20.4. The van der Waals surface area contributed by atoms with E-state index < -0.39 is 28.6 Å². The van der Waals surface area contributed by atoms with Crippen molar-refractivity contribution in [3.8, 4) is 0 Å². The molecule has 1 aromatic carbocycles. The average Bonchev–Trinajstić information content (AvgIpc) is 3.42. The molecule has 2 unspecified atom stereocenters. The van der Waals surface area contributed by atoms with Crippen LogP contribution >= 0.6 is 0 Å². The molecule has 29 heavy (non-hydrogen) atoms. The van der Waals surface area contributed by atoms with E-state index in [4.69, 9.17) is 4.74 Å². The maximum absolute atomic E-state index is 15.7. The summed E-state index contributed by atoms with van der Waals surface area (Å²) in [6.07, 6.45) is 2.57. The van der Waals surface area contributed by atoms with E-state index in [-0.39, 0.29) is 34.8 Å². The molecule has 1 aliphatic carbocycles. The third kappa shape index (κ3) is 2.83. The molecule has 3 aliphatic rings. The number of carboxylic acid groups (broad SMARTS) is 1. The molecule has 5 rings (SSSR count). The molecule has 0 bridgehead atoms. The maximum atomic E-state index is 15.7. The number of halogens is 2. The van der Waals surface area contributed by atoms with E-state index in [0.29, 0.717) is 19.7 Å². The molecule has 154 valence electrons. The molecule has 2 saturated heterocycles. The van der Waals surface area contributed by atoms with Gasteiger partial charge < -0.3 is 19.3 Å². The van der Waals surface area contributed by atoms with Crippen molar-refractivity contribution in [2.24, 2.45) is 0 Å². The minimum absolute atomic E-state index is 0.0250. The van der Waals surface area contributed by atoms with Crippen molar-refractivity contribution in [3.63, 3.8) is 0 Å². The molecule has 1 saturated carbocycles. The quantitative estimate of drug-likeness (QED) is 0.840. The molecule has 0 amide bonds. The summed E-state index contributed by atoms with van der Waals surface area (Å²) in [5, 5.41) is 9.10. The maximum Gasteiger partial charge on any atom is 0.341 e. The molecular formula is C20H21F2N3O4. The summed E-state index contributed by atoms with van der Waals surface area (Å²) < 4.78 is 38.0. The number of ether oxygens (including phenoxy) is 1. The van der Waals surface area contributed by atoms with Gasteiger partial charge in [-0.25, -0.2) is 13.6 Å². The molecule has 1 N–H and O–H groups in total. The van der Waals surface area contributed by atoms with Crippen LogP contribution in [0, 0.1) is 11.6 Å². The number of hydrogen-bond donors (Lipinski definition) is 1.